The van der Waals surface area contributed by atoms with Gasteiger partial charge in [0.25, 0.3) is 5.56 Å². The van der Waals surface area contributed by atoms with Crippen molar-refractivity contribution in [2.24, 2.45) is 7.05 Å². The third kappa shape index (κ3) is 4.17. The summed E-state index contributed by atoms with van der Waals surface area (Å²) in [5, 5.41) is 6.23. The summed E-state index contributed by atoms with van der Waals surface area (Å²) in [6, 6.07) is 13.6. The highest BCUT2D eigenvalue weighted by molar-refractivity contribution is 6.34. The van der Waals surface area contributed by atoms with E-state index < -0.39 is 17.7 Å². The lowest BCUT2D eigenvalue weighted by Gasteiger charge is -2.17. The van der Waals surface area contributed by atoms with Crippen molar-refractivity contribution in [3.8, 4) is 11.1 Å². The second-order valence-electron chi connectivity index (χ2n) is 6.99. The fraction of sp³-hybridized carbons (Fsp3) is 0.0435. The lowest BCUT2D eigenvalue weighted by atomic mass is 10.00. The number of hydrogen-bond donors (Lipinski definition) is 2. The number of carbonyl (C=O) groups excluding carboxylic acids is 1. The molecular formula is C23H15Cl2F2N3O2. The minimum Gasteiger partial charge on any atom is -0.309 e. The molecule has 0 bridgehead atoms. The fourth-order valence-corrected chi connectivity index (χ4v) is 3.89. The van der Waals surface area contributed by atoms with Gasteiger partial charge >= 0.3 is 6.03 Å². The average Bonchev–Trinajstić information content (AvgIpc) is 2.73. The summed E-state index contributed by atoms with van der Waals surface area (Å²) < 4.78 is 28.4. The number of nitrogens with zero attached hydrogens (tertiary/aromatic N) is 1. The number of hydrogen-bond acceptors (Lipinski definition) is 2. The predicted octanol–water partition coefficient (Wildman–Crippen LogP) is 6.43. The number of halogens is 4. The highest BCUT2D eigenvalue weighted by atomic mass is 35.5. The molecule has 4 rings (SSSR count). The number of rotatable bonds is 3. The first kappa shape index (κ1) is 21.8. The van der Waals surface area contributed by atoms with Crippen LogP contribution in [0.4, 0.5) is 25.0 Å². The predicted molar refractivity (Wildman–Crippen MR) is 124 cm³/mol. The Labute approximate surface area is 191 Å². The summed E-state index contributed by atoms with van der Waals surface area (Å²) >= 11 is 12.7. The molecule has 0 aliphatic heterocycles. The first-order valence-electron chi connectivity index (χ1n) is 9.36. The van der Waals surface area contributed by atoms with Gasteiger partial charge in [0.15, 0.2) is 0 Å². The van der Waals surface area contributed by atoms with Crippen LogP contribution >= 0.6 is 23.2 Å². The maximum Gasteiger partial charge on any atom is 0.323 e. The van der Waals surface area contributed by atoms with Crippen molar-refractivity contribution in [3.05, 3.63) is 92.7 Å². The van der Waals surface area contributed by atoms with E-state index in [1.807, 2.05) is 0 Å². The normalized spacial score (nSPS) is 10.9. The number of urea groups is 1. The van der Waals surface area contributed by atoms with Gasteiger partial charge < -0.3 is 15.2 Å². The third-order valence-electron chi connectivity index (χ3n) is 4.89. The van der Waals surface area contributed by atoms with E-state index in [1.54, 1.807) is 37.4 Å². The van der Waals surface area contributed by atoms with Crippen LogP contribution in [0.3, 0.4) is 0 Å². The van der Waals surface area contributed by atoms with E-state index in [0.29, 0.717) is 38.1 Å². The zero-order chi connectivity index (χ0) is 23.0. The van der Waals surface area contributed by atoms with E-state index in [4.69, 9.17) is 23.2 Å². The molecule has 1 heterocycles. The van der Waals surface area contributed by atoms with Crippen molar-refractivity contribution in [2.75, 3.05) is 10.6 Å². The largest absolute Gasteiger partial charge is 0.323 e. The van der Waals surface area contributed by atoms with Gasteiger partial charge in [0.05, 0.1) is 16.9 Å². The molecule has 5 nitrogen and oxygen atoms in total. The van der Waals surface area contributed by atoms with Crippen LogP contribution in [0.1, 0.15) is 0 Å². The van der Waals surface area contributed by atoms with E-state index in [0.717, 1.165) is 12.1 Å². The molecule has 2 amide bonds. The second kappa shape index (κ2) is 8.61. The van der Waals surface area contributed by atoms with Gasteiger partial charge in [0, 0.05) is 40.2 Å². The Balaban J connectivity index is 1.83. The quantitative estimate of drug-likeness (QED) is 0.359. The number of fused-ring (bicyclic) bond motifs is 1. The van der Waals surface area contributed by atoms with Crippen LogP contribution in [0, 0.1) is 11.6 Å². The van der Waals surface area contributed by atoms with Gasteiger partial charge in [-0.15, -0.1) is 0 Å². The Morgan fingerprint density at radius 2 is 1.62 bits per heavy atom. The van der Waals surface area contributed by atoms with Crippen LogP contribution in [0.15, 0.2) is 65.5 Å². The van der Waals surface area contributed by atoms with Gasteiger partial charge in [0.2, 0.25) is 0 Å². The minimum absolute atomic E-state index is 0.208. The Morgan fingerprint density at radius 1 is 0.906 bits per heavy atom. The van der Waals surface area contributed by atoms with Gasteiger partial charge in [-0.05, 0) is 35.9 Å². The Kier molecular flexibility index (Phi) is 5.86. The molecule has 0 aliphatic carbocycles. The van der Waals surface area contributed by atoms with E-state index in [-0.39, 0.29) is 16.9 Å². The second-order valence-corrected chi connectivity index (χ2v) is 7.83. The van der Waals surface area contributed by atoms with Gasteiger partial charge in [-0.1, -0.05) is 41.4 Å². The maximum absolute atomic E-state index is 13.9. The zero-order valence-corrected chi connectivity index (χ0v) is 18.1. The van der Waals surface area contributed by atoms with Crippen molar-refractivity contribution < 1.29 is 13.6 Å². The van der Waals surface area contributed by atoms with Crippen molar-refractivity contribution in [1.29, 1.82) is 0 Å². The molecule has 3 aromatic carbocycles. The summed E-state index contributed by atoms with van der Waals surface area (Å²) in [6.07, 6.45) is 0. The summed E-state index contributed by atoms with van der Waals surface area (Å²) in [4.78, 5) is 25.2. The van der Waals surface area contributed by atoms with Crippen molar-refractivity contribution in [2.45, 2.75) is 0 Å². The first-order chi connectivity index (χ1) is 15.2. The van der Waals surface area contributed by atoms with Crippen LogP contribution in [0.25, 0.3) is 22.0 Å². The van der Waals surface area contributed by atoms with Gasteiger partial charge in [-0.25, -0.2) is 13.6 Å². The molecule has 0 radical (unpaired) electrons. The molecule has 0 saturated heterocycles. The molecule has 4 aromatic rings. The van der Waals surface area contributed by atoms with E-state index in [9.17, 15) is 18.4 Å². The summed E-state index contributed by atoms with van der Waals surface area (Å²) in [5.41, 5.74) is 1.25. The molecule has 162 valence electrons. The lowest BCUT2D eigenvalue weighted by Crippen LogP contribution is -2.23. The molecular weight excluding hydrogens is 459 g/mol. The van der Waals surface area contributed by atoms with Crippen LogP contribution < -0.4 is 16.2 Å². The van der Waals surface area contributed by atoms with Crippen molar-refractivity contribution in [3.63, 3.8) is 0 Å². The highest BCUT2D eigenvalue weighted by Gasteiger charge is 2.17. The third-order valence-corrected chi connectivity index (χ3v) is 5.44. The number of carbonyl (C=O) groups is 1. The first-order valence-corrected chi connectivity index (χ1v) is 10.1. The standard InChI is InChI=1S/C23H15Cl2F2N3O2/c1-30-21(31)11-15(14-4-2-3-5-17(14)25)16-8-12(24)9-20(22(16)30)29-23(32)28-19-7-6-13(26)10-18(19)27/h2-11H,1H3,(H2,28,29,32). The molecule has 2 N–H and O–H groups in total. The number of nitrogens with one attached hydrogen (secondary N) is 2. The molecule has 0 atom stereocenters. The van der Waals surface area contributed by atoms with Crippen LogP contribution in [0.2, 0.25) is 10.0 Å². The van der Waals surface area contributed by atoms with Crippen molar-refractivity contribution in [1.82, 2.24) is 4.57 Å². The highest BCUT2D eigenvalue weighted by Crippen LogP contribution is 2.36. The van der Waals surface area contributed by atoms with Gasteiger partial charge in [0.1, 0.15) is 11.6 Å². The number of benzene rings is 3. The molecule has 0 unspecified atom stereocenters. The fourth-order valence-electron chi connectivity index (χ4n) is 3.44. The smallest absolute Gasteiger partial charge is 0.309 e. The molecule has 0 spiro atoms. The Morgan fingerprint density at radius 3 is 2.34 bits per heavy atom. The molecule has 9 heteroatoms. The number of anilines is 2. The minimum atomic E-state index is -0.926. The summed E-state index contributed by atoms with van der Waals surface area (Å²) in [5.74, 6) is -1.69. The van der Waals surface area contributed by atoms with Gasteiger partial charge in [-0.3, -0.25) is 4.79 Å². The monoisotopic (exact) mass is 473 g/mol. The van der Waals surface area contributed by atoms with E-state index >= 15 is 0 Å². The maximum atomic E-state index is 13.9. The molecule has 1 aromatic heterocycles. The topological polar surface area (TPSA) is 63.1 Å². The SMILES string of the molecule is Cn1c(=O)cc(-c2ccccc2Cl)c2cc(Cl)cc(NC(=O)Nc3ccc(F)cc3F)c21. The number of pyridine rings is 1. The average molecular weight is 474 g/mol. The zero-order valence-electron chi connectivity index (χ0n) is 16.5. The van der Waals surface area contributed by atoms with Crippen molar-refractivity contribution >= 4 is 51.5 Å². The van der Waals surface area contributed by atoms with Crippen LogP contribution in [-0.4, -0.2) is 10.6 Å². The van der Waals surface area contributed by atoms with Crippen LogP contribution in [-0.2, 0) is 7.05 Å². The summed E-state index contributed by atoms with van der Waals surface area (Å²) in [7, 11) is 1.55. The molecule has 0 fully saturated rings. The van der Waals surface area contributed by atoms with Crippen LogP contribution in [0.5, 0.6) is 0 Å². The number of aromatic nitrogens is 1. The molecule has 0 aliphatic rings. The number of aryl methyl sites for hydroxylation is 1. The van der Waals surface area contributed by atoms with E-state index in [1.165, 1.54) is 16.7 Å². The summed E-state index contributed by atoms with van der Waals surface area (Å²) in [6.45, 7) is 0. The van der Waals surface area contributed by atoms with Gasteiger partial charge in [-0.2, -0.15) is 0 Å². The Bertz CT molecular complexity index is 1440. The number of amides is 2. The molecule has 32 heavy (non-hydrogen) atoms. The lowest BCUT2D eigenvalue weighted by molar-refractivity contribution is 0.262. The Hall–Kier alpha value is -3.42. The van der Waals surface area contributed by atoms with E-state index in [2.05, 4.69) is 10.6 Å². The molecule has 0 saturated carbocycles.